The van der Waals surface area contributed by atoms with Gasteiger partial charge in [-0.05, 0) is 101 Å². The van der Waals surface area contributed by atoms with Crippen LogP contribution in [0.5, 0.6) is 11.5 Å². The van der Waals surface area contributed by atoms with Crippen LogP contribution in [0.3, 0.4) is 0 Å². The summed E-state index contributed by atoms with van der Waals surface area (Å²) in [5.74, 6) is 0.476. The number of ether oxygens (including phenoxy) is 2. The number of nitrogens with zero attached hydrogens (tertiary/aromatic N) is 2. The number of phenols is 1. The van der Waals surface area contributed by atoms with Gasteiger partial charge >= 0.3 is 5.97 Å². The highest BCUT2D eigenvalue weighted by Crippen LogP contribution is 2.47. The molecule has 0 amide bonds. The van der Waals surface area contributed by atoms with Crippen molar-refractivity contribution in [2.24, 2.45) is 0 Å². The summed E-state index contributed by atoms with van der Waals surface area (Å²) >= 11 is 0. The quantitative estimate of drug-likeness (QED) is 0.172. The Bertz CT molecular complexity index is 1990. The smallest absolute Gasteiger partial charge is 0.342 e. The lowest BCUT2D eigenvalue weighted by atomic mass is 9.81. The van der Waals surface area contributed by atoms with Crippen molar-refractivity contribution < 1.29 is 47.9 Å². The molecule has 1 N–H and O–H groups in total. The Kier molecular flexibility index (Phi) is 10.3. The molecular formula is C43H49IN2O4. The van der Waals surface area contributed by atoms with Crippen LogP contribution in [0.25, 0.3) is 0 Å². The van der Waals surface area contributed by atoms with Gasteiger partial charge in [-0.2, -0.15) is 4.58 Å². The molecule has 1 aliphatic carbocycles. The third kappa shape index (κ3) is 6.94. The first-order chi connectivity index (χ1) is 23.1. The highest BCUT2D eigenvalue weighted by molar-refractivity contribution is 6.03. The maximum atomic E-state index is 12.8. The number of carbonyl (C=O) groups excluding carboxylic acids is 1. The summed E-state index contributed by atoms with van der Waals surface area (Å²) in [6, 6.07) is 22.0. The van der Waals surface area contributed by atoms with Gasteiger partial charge in [0.05, 0.1) is 5.41 Å². The molecule has 6 rings (SSSR count). The van der Waals surface area contributed by atoms with Crippen LogP contribution >= 0.6 is 0 Å². The molecule has 0 radical (unpaired) electrons. The second-order valence-corrected chi connectivity index (χ2v) is 15.4. The van der Waals surface area contributed by atoms with E-state index < -0.39 is 11.6 Å². The summed E-state index contributed by atoms with van der Waals surface area (Å²) in [5.41, 5.74) is 8.78. The Labute approximate surface area is 314 Å². The molecule has 50 heavy (non-hydrogen) atoms. The van der Waals surface area contributed by atoms with Gasteiger partial charge in [-0.25, -0.2) is 4.79 Å². The zero-order valence-electron chi connectivity index (χ0n) is 30.7. The first kappa shape index (κ1) is 37.2. The predicted molar refractivity (Wildman–Crippen MR) is 198 cm³/mol. The maximum Gasteiger partial charge on any atom is 0.342 e. The molecule has 2 heterocycles. The van der Waals surface area contributed by atoms with Crippen molar-refractivity contribution in [3.05, 3.63) is 130 Å². The molecule has 0 bridgehead atoms. The maximum absolute atomic E-state index is 12.8. The van der Waals surface area contributed by atoms with E-state index in [0.717, 1.165) is 36.2 Å². The highest BCUT2D eigenvalue weighted by atomic mass is 127. The molecule has 0 saturated heterocycles. The standard InChI is InChI=1S/C43H48N2O4.HI/c1-41(2,3)49-40(47)31-24-23-30(27-36(31)46)48-39-28(21-25-37-42(4,5)32-17-10-12-19-34(32)44(37)8)15-14-16-29(39)22-26-38-43(6,7)33-18-11-13-20-35(33)45(38)9;/h10-13,17-27H,14-16H2,1-9H3;1H. The number of hydrogen-bond donors (Lipinski definition) is 1. The fourth-order valence-corrected chi connectivity index (χ4v) is 7.51. The van der Waals surface area contributed by atoms with Crippen LogP contribution in [0.2, 0.25) is 0 Å². The Morgan fingerprint density at radius 2 is 1.58 bits per heavy atom. The molecule has 7 heteroatoms. The molecule has 3 aromatic carbocycles. The van der Waals surface area contributed by atoms with Gasteiger partial charge in [0.25, 0.3) is 0 Å². The molecular weight excluding hydrogens is 735 g/mol. The van der Waals surface area contributed by atoms with Crippen LogP contribution in [0.4, 0.5) is 11.4 Å². The second kappa shape index (κ2) is 13.9. The number of para-hydroxylation sites is 2. The average Bonchev–Trinajstić information content (AvgIpc) is 3.36. The number of esters is 1. The fraction of sp³-hybridized carbons (Fsp3) is 0.349. The summed E-state index contributed by atoms with van der Waals surface area (Å²) in [6.07, 6.45) is 11.5. The minimum Gasteiger partial charge on any atom is -1.00 e. The summed E-state index contributed by atoms with van der Waals surface area (Å²) in [7, 11) is 4.26. The van der Waals surface area contributed by atoms with E-state index >= 15 is 0 Å². The zero-order valence-corrected chi connectivity index (χ0v) is 32.9. The Morgan fingerprint density at radius 3 is 2.24 bits per heavy atom. The van der Waals surface area contributed by atoms with Crippen molar-refractivity contribution in [3.63, 3.8) is 0 Å². The average molecular weight is 785 g/mol. The van der Waals surface area contributed by atoms with Gasteiger partial charge in [-0.15, -0.1) is 0 Å². The Balaban J connectivity index is 0.00000486. The lowest BCUT2D eigenvalue weighted by Crippen LogP contribution is -3.00. The number of carbonyl (C=O) groups is 1. The van der Waals surface area contributed by atoms with Gasteiger partial charge in [-0.3, -0.25) is 0 Å². The van der Waals surface area contributed by atoms with Crippen LogP contribution in [0.1, 0.15) is 89.2 Å². The lowest BCUT2D eigenvalue weighted by Gasteiger charge is -2.25. The largest absolute Gasteiger partial charge is 1.00 e. The third-order valence-corrected chi connectivity index (χ3v) is 10.0. The number of phenolic OH excluding ortho intramolecular Hbond substituents is 1. The molecule has 0 saturated carbocycles. The van der Waals surface area contributed by atoms with Gasteiger partial charge in [0.1, 0.15) is 35.5 Å². The lowest BCUT2D eigenvalue weighted by molar-refractivity contribution is -0.401. The topological polar surface area (TPSA) is 62.0 Å². The first-order valence-electron chi connectivity index (χ1n) is 17.2. The van der Waals surface area contributed by atoms with E-state index in [1.165, 1.54) is 40.0 Å². The third-order valence-electron chi connectivity index (χ3n) is 10.0. The van der Waals surface area contributed by atoms with E-state index in [4.69, 9.17) is 9.47 Å². The summed E-state index contributed by atoms with van der Waals surface area (Å²) < 4.78 is 14.5. The number of anilines is 1. The van der Waals surface area contributed by atoms with Gasteiger partial charge in [-0.1, -0.05) is 56.3 Å². The normalized spacial score (nSPS) is 19.6. The van der Waals surface area contributed by atoms with Gasteiger partial charge in [0, 0.05) is 47.6 Å². The van der Waals surface area contributed by atoms with E-state index in [1.807, 2.05) is 0 Å². The van der Waals surface area contributed by atoms with Crippen molar-refractivity contribution in [2.75, 3.05) is 19.0 Å². The molecule has 2 aliphatic heterocycles. The molecule has 0 aromatic heterocycles. The molecule has 0 spiro atoms. The van der Waals surface area contributed by atoms with E-state index in [1.54, 1.807) is 32.9 Å². The van der Waals surface area contributed by atoms with E-state index in [-0.39, 0.29) is 46.1 Å². The van der Waals surface area contributed by atoms with E-state index in [9.17, 15) is 9.90 Å². The van der Waals surface area contributed by atoms with Crippen molar-refractivity contribution >= 4 is 23.1 Å². The molecule has 3 aliphatic rings. The second-order valence-electron chi connectivity index (χ2n) is 15.4. The number of fused-ring (bicyclic) bond motifs is 2. The number of hydrogen-bond acceptors (Lipinski definition) is 5. The minimum absolute atomic E-state index is 0. The van der Waals surface area contributed by atoms with Crippen LogP contribution in [0.15, 0.2) is 114 Å². The monoisotopic (exact) mass is 784 g/mol. The van der Waals surface area contributed by atoms with Crippen molar-refractivity contribution in [2.45, 2.75) is 84.2 Å². The Morgan fingerprint density at radius 1 is 0.900 bits per heavy atom. The first-order valence-corrected chi connectivity index (χ1v) is 17.2. The molecule has 0 fully saturated rings. The highest BCUT2D eigenvalue weighted by Gasteiger charge is 2.43. The van der Waals surface area contributed by atoms with Crippen LogP contribution in [-0.4, -0.2) is 41.1 Å². The predicted octanol–water partition coefficient (Wildman–Crippen LogP) is 6.67. The van der Waals surface area contributed by atoms with Crippen molar-refractivity contribution in [3.8, 4) is 11.5 Å². The van der Waals surface area contributed by atoms with Crippen LogP contribution < -0.4 is 33.6 Å². The number of aromatic hydroxyl groups is 1. The SMILES string of the molecule is CN1/C(=C/C=C2\CCCC(/C=C/C3=[N+](C)c4ccccc4C3(C)C)=C2Oc2ccc(C(=O)OC(C)(C)C)c(O)c2)C(C)(C)c2ccccc21.[I-]. The van der Waals surface area contributed by atoms with Crippen molar-refractivity contribution in [1.29, 1.82) is 0 Å². The van der Waals surface area contributed by atoms with Crippen LogP contribution in [-0.2, 0) is 15.6 Å². The van der Waals surface area contributed by atoms with Crippen molar-refractivity contribution in [1.82, 2.24) is 0 Å². The van der Waals surface area contributed by atoms with Gasteiger partial charge in [0.2, 0.25) is 5.69 Å². The number of halogens is 1. The number of benzene rings is 3. The molecule has 262 valence electrons. The van der Waals surface area contributed by atoms with Crippen LogP contribution in [0, 0.1) is 0 Å². The van der Waals surface area contributed by atoms with E-state index in [2.05, 4.69) is 124 Å². The molecule has 0 atom stereocenters. The molecule has 3 aromatic rings. The number of allylic oxidation sites excluding steroid dienone is 7. The number of rotatable bonds is 6. The molecule has 6 nitrogen and oxygen atoms in total. The van der Waals surface area contributed by atoms with E-state index in [0.29, 0.717) is 5.75 Å². The molecule has 0 unspecified atom stereocenters. The summed E-state index contributed by atoms with van der Waals surface area (Å²) in [5, 5.41) is 10.9. The minimum atomic E-state index is -0.675. The fourth-order valence-electron chi connectivity index (χ4n) is 7.51. The van der Waals surface area contributed by atoms with Gasteiger partial charge < -0.3 is 43.5 Å². The summed E-state index contributed by atoms with van der Waals surface area (Å²) in [6.45, 7) is 14.5. The van der Waals surface area contributed by atoms with Gasteiger partial charge in [0.15, 0.2) is 5.71 Å². The number of likely N-dealkylation sites (N-methyl/N-ethyl adjacent to an activating group) is 1. The Hall–Kier alpha value is -4.11. The zero-order chi connectivity index (χ0) is 35.3. The summed E-state index contributed by atoms with van der Waals surface area (Å²) in [4.78, 5) is 15.0.